The van der Waals surface area contributed by atoms with E-state index < -0.39 is 7.82 Å². The summed E-state index contributed by atoms with van der Waals surface area (Å²) in [7, 11) is -4.28. The molecule has 0 aliphatic carbocycles. The summed E-state index contributed by atoms with van der Waals surface area (Å²) < 4.78 is 27.9. The molecule has 1 aromatic carbocycles. The maximum Gasteiger partial charge on any atom is 0.560 e. The molecule has 1 fully saturated rings. The van der Waals surface area contributed by atoms with E-state index in [-0.39, 0.29) is 13.2 Å². The van der Waals surface area contributed by atoms with Gasteiger partial charge >= 0.3 is 7.82 Å². The molecule has 1 aliphatic rings. The van der Waals surface area contributed by atoms with E-state index in [4.69, 9.17) is 9.05 Å². The van der Waals surface area contributed by atoms with E-state index in [1.165, 1.54) is 25.7 Å². The Morgan fingerprint density at radius 3 is 2.38 bits per heavy atom. The second-order valence-corrected chi connectivity index (χ2v) is 7.35. The average molecular weight is 440 g/mol. The first kappa shape index (κ1) is 24.1. The maximum absolute atomic E-state index is 12.8. The summed E-state index contributed by atoms with van der Waals surface area (Å²) in [5, 5.41) is 27.5. The molecule has 13 heteroatoms. The highest BCUT2D eigenvalue weighted by molar-refractivity contribution is 7.48. The zero-order chi connectivity index (χ0) is 20.6. The van der Waals surface area contributed by atoms with E-state index in [0.717, 1.165) is 24.8 Å². The van der Waals surface area contributed by atoms with Gasteiger partial charge in [0.1, 0.15) is 12.4 Å². The molecule has 0 saturated carbocycles. The molecule has 0 spiro atoms. The zero-order valence-corrected chi connectivity index (χ0v) is 16.9. The Balaban J connectivity index is 1.92. The molecule has 1 atom stereocenters. The molecule has 12 nitrogen and oxygen atoms in total. The van der Waals surface area contributed by atoms with Crippen molar-refractivity contribution < 1.29 is 58.4 Å². The summed E-state index contributed by atoms with van der Waals surface area (Å²) in [6.07, 6.45) is 7.62. The Morgan fingerprint density at radius 2 is 1.55 bits per heavy atom. The highest BCUT2D eigenvalue weighted by Gasteiger charge is 2.32. The topological polar surface area (TPSA) is 119 Å². The fourth-order valence-electron chi connectivity index (χ4n) is 2.42. The molecule has 0 radical (unpaired) electrons. The van der Waals surface area contributed by atoms with Crippen LogP contribution in [0.5, 0.6) is 5.75 Å². The molecule has 1 aromatic rings. The summed E-state index contributed by atoms with van der Waals surface area (Å²) in [6.45, 7) is 1.69. The fraction of sp³-hybridized carbons (Fsp3) is 0.625. The minimum Gasteiger partial charge on any atom is -0.402 e. The van der Waals surface area contributed by atoms with Crippen LogP contribution >= 0.6 is 7.82 Å². The monoisotopic (exact) mass is 440 g/mol. The molecule has 0 N–H and O–H groups in total. The summed E-state index contributed by atoms with van der Waals surface area (Å²) in [5.74, 6) is 0.318. The molecule has 166 valence electrons. The van der Waals surface area contributed by atoms with Crippen LogP contribution in [0.4, 0.5) is 0 Å². The SMILES string of the molecule is CCCCCCCCc1ccccc1OP1(=O)OCCOOOOOOOOO1. The highest BCUT2D eigenvalue weighted by Crippen LogP contribution is 2.50. The van der Waals surface area contributed by atoms with Gasteiger partial charge in [0.15, 0.2) is 0 Å². The quantitative estimate of drug-likeness (QED) is 0.304. The van der Waals surface area contributed by atoms with Crippen LogP contribution in [-0.2, 0) is 60.3 Å². The Hall–Kier alpha value is -1.15. The number of hydrogen-bond donors (Lipinski definition) is 0. The molecule has 2 rings (SSSR count). The molecule has 1 saturated heterocycles. The summed E-state index contributed by atoms with van der Waals surface area (Å²) in [4.78, 5) is 4.49. The van der Waals surface area contributed by atoms with Crippen molar-refractivity contribution in [2.75, 3.05) is 13.2 Å². The predicted octanol–water partition coefficient (Wildman–Crippen LogP) is 4.58. The first-order chi connectivity index (χ1) is 14.2. The number of phosphoric ester groups is 1. The largest absolute Gasteiger partial charge is 0.560 e. The Labute approximate surface area is 167 Å². The van der Waals surface area contributed by atoms with Crippen molar-refractivity contribution in [3.63, 3.8) is 0 Å². The normalized spacial score (nSPS) is 22.2. The second kappa shape index (κ2) is 14.8. The van der Waals surface area contributed by atoms with Crippen LogP contribution in [0.1, 0.15) is 51.0 Å². The molecule has 1 unspecified atom stereocenters. The Bertz CT molecular complexity index is 583. The van der Waals surface area contributed by atoms with Crippen LogP contribution in [0, 0.1) is 0 Å². The van der Waals surface area contributed by atoms with Crippen LogP contribution in [0.25, 0.3) is 0 Å². The molecular formula is C16H25O12P. The van der Waals surface area contributed by atoms with Crippen LogP contribution in [-0.4, -0.2) is 13.2 Å². The minimum atomic E-state index is -4.28. The van der Waals surface area contributed by atoms with E-state index in [1.807, 2.05) is 12.1 Å². The number of aryl methyl sites for hydroxylation is 1. The van der Waals surface area contributed by atoms with Gasteiger partial charge in [0.25, 0.3) is 0 Å². The molecule has 0 bridgehead atoms. The second-order valence-electron chi connectivity index (χ2n) is 5.87. The van der Waals surface area contributed by atoms with E-state index in [1.54, 1.807) is 12.1 Å². The van der Waals surface area contributed by atoms with Gasteiger partial charge in [-0.3, -0.25) is 4.52 Å². The van der Waals surface area contributed by atoms with Crippen molar-refractivity contribution in [3.05, 3.63) is 29.8 Å². The van der Waals surface area contributed by atoms with E-state index in [0.29, 0.717) is 5.75 Å². The smallest absolute Gasteiger partial charge is 0.402 e. The number of unbranched alkanes of at least 4 members (excludes halogenated alkanes) is 5. The van der Waals surface area contributed by atoms with Crippen molar-refractivity contribution in [3.8, 4) is 5.75 Å². The van der Waals surface area contributed by atoms with Gasteiger partial charge in [0, 0.05) is 0 Å². The molecule has 29 heavy (non-hydrogen) atoms. The van der Waals surface area contributed by atoms with Crippen molar-refractivity contribution in [2.45, 2.75) is 51.9 Å². The summed E-state index contributed by atoms with van der Waals surface area (Å²) in [6, 6.07) is 7.10. The van der Waals surface area contributed by atoms with E-state index in [9.17, 15) is 4.57 Å². The lowest BCUT2D eigenvalue weighted by atomic mass is 10.0. The van der Waals surface area contributed by atoms with Crippen molar-refractivity contribution >= 4 is 7.82 Å². The summed E-state index contributed by atoms with van der Waals surface area (Å²) >= 11 is 0. The number of benzene rings is 1. The van der Waals surface area contributed by atoms with Crippen molar-refractivity contribution in [2.24, 2.45) is 0 Å². The molecule has 0 amide bonds. The lowest BCUT2D eigenvalue weighted by Crippen LogP contribution is -2.09. The molecule has 1 heterocycles. The molecule has 1 aliphatic heterocycles. The van der Waals surface area contributed by atoms with Crippen molar-refractivity contribution in [1.29, 1.82) is 0 Å². The van der Waals surface area contributed by atoms with Crippen molar-refractivity contribution in [1.82, 2.24) is 0 Å². The van der Waals surface area contributed by atoms with E-state index in [2.05, 4.69) is 51.8 Å². The lowest BCUT2D eigenvalue weighted by molar-refractivity contribution is -0.827. The average Bonchev–Trinajstić information content (AvgIpc) is 2.74. The fourth-order valence-corrected chi connectivity index (χ4v) is 3.36. The minimum absolute atomic E-state index is 0.221. The highest BCUT2D eigenvalue weighted by atomic mass is 31.2. The third kappa shape index (κ3) is 10.4. The lowest BCUT2D eigenvalue weighted by Gasteiger charge is -2.17. The van der Waals surface area contributed by atoms with Gasteiger partial charge in [-0.05, 0) is 59.7 Å². The predicted molar refractivity (Wildman–Crippen MR) is 92.3 cm³/mol. The summed E-state index contributed by atoms with van der Waals surface area (Å²) in [5.41, 5.74) is 0.843. The number of rotatable bonds is 9. The number of hydrogen-bond acceptors (Lipinski definition) is 12. The van der Waals surface area contributed by atoms with Crippen LogP contribution in [0.15, 0.2) is 24.3 Å². The van der Waals surface area contributed by atoms with Gasteiger partial charge in [-0.15, -0.1) is 0 Å². The maximum atomic E-state index is 12.8. The standard InChI is InChI=1S/C16H25O12P/c1-2-3-4-5-6-7-10-15-11-8-9-12-16(15)20-29(17)19-14-13-18-21-22-23-24-25-26-27-28-29/h8-9,11-12H,2-7,10,13-14H2,1H3. The van der Waals surface area contributed by atoms with Crippen LogP contribution in [0.2, 0.25) is 0 Å². The van der Waals surface area contributed by atoms with Gasteiger partial charge in [-0.25, -0.2) is 9.45 Å². The number of para-hydroxylation sites is 1. The number of phosphoric acid groups is 1. The van der Waals surface area contributed by atoms with Gasteiger partial charge < -0.3 is 4.52 Å². The molecular weight excluding hydrogens is 415 g/mol. The zero-order valence-electron chi connectivity index (χ0n) is 16.0. The Morgan fingerprint density at radius 1 is 0.862 bits per heavy atom. The van der Waals surface area contributed by atoms with Gasteiger partial charge in [0.2, 0.25) is 0 Å². The Kier molecular flexibility index (Phi) is 12.3. The molecule has 0 aromatic heterocycles. The third-order valence-electron chi connectivity index (χ3n) is 3.73. The van der Waals surface area contributed by atoms with Crippen LogP contribution in [0.3, 0.4) is 0 Å². The van der Waals surface area contributed by atoms with Crippen LogP contribution < -0.4 is 4.52 Å². The van der Waals surface area contributed by atoms with Gasteiger partial charge in [0.05, 0.1) is 6.61 Å². The third-order valence-corrected chi connectivity index (χ3v) is 4.90. The van der Waals surface area contributed by atoms with Gasteiger partial charge in [-0.1, -0.05) is 61.9 Å². The van der Waals surface area contributed by atoms with E-state index >= 15 is 0 Å². The van der Waals surface area contributed by atoms with Gasteiger partial charge in [-0.2, -0.15) is 0 Å². The first-order valence-corrected chi connectivity index (χ1v) is 10.7. The first-order valence-electron chi connectivity index (χ1n) is 9.23.